The summed E-state index contributed by atoms with van der Waals surface area (Å²) >= 11 is 0. The van der Waals surface area contributed by atoms with E-state index in [1.165, 1.54) is 76.6 Å². The van der Waals surface area contributed by atoms with Crippen LogP contribution in [0.2, 0.25) is 0 Å². The highest BCUT2D eigenvalue weighted by Gasteiger charge is 2.20. The average Bonchev–Trinajstić information content (AvgIpc) is 3.84. The lowest BCUT2D eigenvalue weighted by Gasteiger charge is -2.28. The predicted molar refractivity (Wildman–Crippen MR) is 258 cm³/mol. The van der Waals surface area contributed by atoms with Crippen molar-refractivity contribution in [2.75, 3.05) is 4.90 Å². The third-order valence-electron chi connectivity index (χ3n) is 12.3. The lowest BCUT2D eigenvalue weighted by atomic mass is 10.0. The number of hydrogen-bond donors (Lipinski definition) is 0. The molecule has 0 fully saturated rings. The van der Waals surface area contributed by atoms with E-state index in [4.69, 9.17) is 0 Å². The summed E-state index contributed by atoms with van der Waals surface area (Å²) in [5, 5.41) is 7.49. The molecule has 3 heteroatoms. The van der Waals surface area contributed by atoms with Crippen molar-refractivity contribution in [1.82, 2.24) is 9.13 Å². The van der Waals surface area contributed by atoms with Crippen LogP contribution in [0.3, 0.4) is 0 Å². The second kappa shape index (κ2) is 14.3. The summed E-state index contributed by atoms with van der Waals surface area (Å²) in [4.78, 5) is 2.41. The van der Waals surface area contributed by atoms with Crippen LogP contribution in [0.15, 0.2) is 237 Å². The number of anilines is 3. The molecule has 0 N–H and O–H groups in total. The molecule has 12 aromatic rings. The Morgan fingerprint density at radius 1 is 0.279 bits per heavy atom. The van der Waals surface area contributed by atoms with Crippen LogP contribution in [0.25, 0.3) is 88.0 Å². The monoisotopic (exact) mass is 777 g/mol. The van der Waals surface area contributed by atoms with Gasteiger partial charge in [0.15, 0.2) is 0 Å². The second-order valence-corrected chi connectivity index (χ2v) is 15.8. The van der Waals surface area contributed by atoms with Gasteiger partial charge in [0.2, 0.25) is 0 Å². The van der Waals surface area contributed by atoms with Gasteiger partial charge in [0, 0.05) is 49.9 Å². The fourth-order valence-corrected chi connectivity index (χ4v) is 9.45. The summed E-state index contributed by atoms with van der Waals surface area (Å²) in [7, 11) is 0. The Bertz CT molecular complexity index is 3560. The van der Waals surface area contributed by atoms with Crippen molar-refractivity contribution in [3.05, 3.63) is 237 Å². The van der Waals surface area contributed by atoms with Crippen LogP contribution >= 0.6 is 0 Å². The van der Waals surface area contributed by atoms with E-state index in [-0.39, 0.29) is 0 Å². The third kappa shape index (κ3) is 5.82. The van der Waals surface area contributed by atoms with Gasteiger partial charge in [-0.1, -0.05) is 152 Å². The smallest absolute Gasteiger partial charge is 0.0547 e. The molecule has 2 heterocycles. The van der Waals surface area contributed by atoms with Gasteiger partial charge in [0.05, 0.1) is 27.8 Å². The fraction of sp³-hybridized carbons (Fsp3) is 0. The first-order chi connectivity index (χ1) is 30.3. The topological polar surface area (TPSA) is 13.1 Å². The van der Waals surface area contributed by atoms with Crippen LogP contribution in [-0.4, -0.2) is 9.13 Å². The number of nitrogens with zero attached hydrogens (tertiary/aromatic N) is 3. The minimum absolute atomic E-state index is 1.09. The number of para-hydroxylation sites is 4. The summed E-state index contributed by atoms with van der Waals surface area (Å²) in [6.45, 7) is 0. The molecule has 2 aromatic heterocycles. The van der Waals surface area contributed by atoms with E-state index in [1.54, 1.807) is 0 Å². The molecule has 10 aromatic carbocycles. The number of benzene rings is 10. The lowest BCUT2D eigenvalue weighted by molar-refractivity contribution is 1.18. The van der Waals surface area contributed by atoms with E-state index in [0.717, 1.165) is 28.4 Å². The molecule has 0 aliphatic heterocycles. The molecule has 61 heavy (non-hydrogen) atoms. The third-order valence-corrected chi connectivity index (χ3v) is 12.3. The van der Waals surface area contributed by atoms with E-state index >= 15 is 0 Å². The molecule has 12 rings (SSSR count). The van der Waals surface area contributed by atoms with Gasteiger partial charge in [-0.15, -0.1) is 0 Å². The van der Waals surface area contributed by atoms with E-state index in [1.807, 2.05) is 0 Å². The van der Waals surface area contributed by atoms with Crippen molar-refractivity contribution in [2.45, 2.75) is 0 Å². The van der Waals surface area contributed by atoms with Crippen LogP contribution in [0.1, 0.15) is 0 Å². The largest absolute Gasteiger partial charge is 0.310 e. The molecule has 0 radical (unpaired) electrons. The van der Waals surface area contributed by atoms with Crippen LogP contribution < -0.4 is 4.90 Å². The van der Waals surface area contributed by atoms with Crippen LogP contribution in [-0.2, 0) is 0 Å². The second-order valence-electron chi connectivity index (χ2n) is 15.8. The zero-order chi connectivity index (χ0) is 40.3. The Morgan fingerprint density at radius 3 is 1.48 bits per heavy atom. The maximum Gasteiger partial charge on any atom is 0.0547 e. The summed E-state index contributed by atoms with van der Waals surface area (Å²) < 4.78 is 4.78. The van der Waals surface area contributed by atoms with Crippen molar-refractivity contribution in [1.29, 1.82) is 0 Å². The van der Waals surface area contributed by atoms with Gasteiger partial charge in [-0.05, 0) is 112 Å². The summed E-state index contributed by atoms with van der Waals surface area (Å²) in [5.74, 6) is 0. The molecular formula is C58H39N3. The van der Waals surface area contributed by atoms with Crippen LogP contribution in [0.5, 0.6) is 0 Å². The quantitative estimate of drug-likeness (QED) is 0.157. The Balaban J connectivity index is 0.968. The molecule has 0 atom stereocenters. The van der Waals surface area contributed by atoms with E-state index in [2.05, 4.69) is 251 Å². The zero-order valence-corrected chi connectivity index (χ0v) is 33.4. The van der Waals surface area contributed by atoms with Crippen molar-refractivity contribution in [2.24, 2.45) is 0 Å². The highest BCUT2D eigenvalue weighted by atomic mass is 15.1. The van der Waals surface area contributed by atoms with Gasteiger partial charge < -0.3 is 14.0 Å². The molecule has 0 aliphatic carbocycles. The number of hydrogen-bond acceptors (Lipinski definition) is 1. The van der Waals surface area contributed by atoms with E-state index in [9.17, 15) is 0 Å². The van der Waals surface area contributed by atoms with Crippen molar-refractivity contribution in [3.8, 4) is 33.6 Å². The zero-order valence-electron chi connectivity index (χ0n) is 33.4. The molecule has 0 amide bonds. The molecule has 0 bridgehead atoms. The Hall–Kier alpha value is -8.14. The van der Waals surface area contributed by atoms with Gasteiger partial charge >= 0.3 is 0 Å². The summed E-state index contributed by atoms with van der Waals surface area (Å²) in [5.41, 5.74) is 15.1. The molecule has 0 saturated heterocycles. The maximum absolute atomic E-state index is 2.41. The number of fused-ring (bicyclic) bond motifs is 7. The van der Waals surface area contributed by atoms with Gasteiger partial charge in [-0.3, -0.25) is 0 Å². The fourth-order valence-electron chi connectivity index (χ4n) is 9.45. The number of aromatic nitrogens is 2. The van der Waals surface area contributed by atoms with Gasteiger partial charge in [0.25, 0.3) is 0 Å². The highest BCUT2D eigenvalue weighted by molar-refractivity contribution is 6.14. The minimum Gasteiger partial charge on any atom is -0.310 e. The summed E-state index contributed by atoms with van der Waals surface area (Å²) in [6, 6.07) is 85.9. The van der Waals surface area contributed by atoms with Gasteiger partial charge in [-0.25, -0.2) is 0 Å². The highest BCUT2D eigenvalue weighted by Crippen LogP contribution is 2.44. The van der Waals surface area contributed by atoms with Crippen LogP contribution in [0, 0.1) is 0 Å². The normalized spacial score (nSPS) is 11.6. The van der Waals surface area contributed by atoms with Crippen molar-refractivity contribution < 1.29 is 0 Å². The molecule has 0 unspecified atom stereocenters. The van der Waals surface area contributed by atoms with Crippen LogP contribution in [0.4, 0.5) is 17.1 Å². The number of rotatable bonds is 7. The molecule has 3 nitrogen and oxygen atoms in total. The Morgan fingerprint density at radius 2 is 0.770 bits per heavy atom. The van der Waals surface area contributed by atoms with Crippen molar-refractivity contribution >= 4 is 71.4 Å². The first-order valence-electron chi connectivity index (χ1n) is 20.9. The Kier molecular flexibility index (Phi) is 8.17. The van der Waals surface area contributed by atoms with Crippen molar-refractivity contribution in [3.63, 3.8) is 0 Å². The molecule has 0 aliphatic rings. The summed E-state index contributed by atoms with van der Waals surface area (Å²) in [6.07, 6.45) is 0. The minimum atomic E-state index is 1.09. The molecule has 286 valence electrons. The van der Waals surface area contributed by atoms with E-state index < -0.39 is 0 Å². The first kappa shape index (κ1) is 34.9. The molecule has 0 saturated carbocycles. The molecular weight excluding hydrogens is 739 g/mol. The van der Waals surface area contributed by atoms with Gasteiger partial charge in [0.1, 0.15) is 0 Å². The maximum atomic E-state index is 2.41. The average molecular weight is 778 g/mol. The standard InChI is InChI=1S/C58H39N3/c1-3-15-42(16-4-1)49-21-9-12-24-54(49)59(48-35-36-57-53(39-48)51-23-11-13-25-55(51)60(57)45-19-5-2-6-20-45)46-31-27-40(28-32-46)41-29-33-47(34-30-41)61-56-26-14-10-22-50(56)52-37-43-17-7-8-18-44(43)38-58(52)61/h1-39H. The SMILES string of the molecule is c1ccc(-c2ccccc2N(c2ccc(-c3ccc(-n4c5ccccc5c5cc6ccccc6cc54)cc3)cc2)c2ccc3c(c2)c2ccccc2n3-c2ccccc2)cc1. The van der Waals surface area contributed by atoms with Gasteiger partial charge in [-0.2, -0.15) is 0 Å². The lowest BCUT2D eigenvalue weighted by Crippen LogP contribution is -2.11. The Labute approximate surface area is 354 Å². The first-order valence-corrected chi connectivity index (χ1v) is 20.9. The van der Waals surface area contributed by atoms with E-state index in [0.29, 0.717) is 0 Å². The molecule has 0 spiro atoms. The predicted octanol–water partition coefficient (Wildman–Crippen LogP) is 15.8.